The molecule has 2 heterocycles. The molecule has 0 unspecified atom stereocenters. The van der Waals surface area contributed by atoms with Crippen molar-refractivity contribution in [2.45, 2.75) is 0 Å². The van der Waals surface area contributed by atoms with Gasteiger partial charge < -0.3 is 5.21 Å². The predicted octanol–water partition coefficient (Wildman–Crippen LogP) is 3.14. The molecule has 2 aromatic heterocycles. The van der Waals surface area contributed by atoms with E-state index in [0.29, 0.717) is 10.4 Å². The Hall–Kier alpha value is -2.43. The first-order chi connectivity index (χ1) is 9.72. The van der Waals surface area contributed by atoms with Crippen LogP contribution in [-0.2, 0) is 0 Å². The van der Waals surface area contributed by atoms with Crippen LogP contribution in [0.25, 0.3) is 11.2 Å². The number of hydrogen-bond acceptors (Lipinski definition) is 5. The van der Waals surface area contributed by atoms with E-state index in [9.17, 15) is 30.4 Å². The van der Waals surface area contributed by atoms with E-state index in [4.69, 9.17) is 0 Å². The minimum absolute atomic E-state index is 0.141. The van der Waals surface area contributed by atoms with Crippen LogP contribution in [0.4, 0.5) is 25.2 Å². The predicted molar refractivity (Wildman–Crippen MR) is 67.8 cm³/mol. The molecule has 0 aliphatic carbocycles. The minimum atomic E-state index is -10.7. The van der Waals surface area contributed by atoms with Gasteiger partial charge in [0.1, 0.15) is 6.20 Å². The summed E-state index contributed by atoms with van der Waals surface area (Å²) >= 11 is 0. The summed E-state index contributed by atoms with van der Waals surface area (Å²) in [5.41, 5.74) is 0.699. The fraction of sp³-hybridized carbons (Fsp3) is 0. The van der Waals surface area contributed by atoms with Crippen LogP contribution in [0.5, 0.6) is 0 Å². The molecule has 7 nitrogen and oxygen atoms in total. The van der Waals surface area contributed by atoms with Crippen LogP contribution >= 0.6 is 7.81 Å². The first-order valence-corrected chi connectivity index (χ1v) is 7.06. The molecule has 0 bridgehead atoms. The first kappa shape index (κ1) is 17.6. The molecular weight excluding hydrogens is 341 g/mol. The summed E-state index contributed by atoms with van der Waals surface area (Å²) in [4.78, 5) is 11.5. The zero-order valence-corrected chi connectivity index (χ0v) is 11.3. The zero-order chi connectivity index (χ0) is 17.2. The number of aliphatic imine (C=N–C) groups is 2. The third-order valence-electron chi connectivity index (χ3n) is 1.82. The molecule has 0 fully saturated rings. The molecule has 0 saturated heterocycles. The van der Waals surface area contributed by atoms with Crippen molar-refractivity contribution >= 4 is 32.4 Å². The van der Waals surface area contributed by atoms with E-state index in [0.717, 1.165) is 0 Å². The van der Waals surface area contributed by atoms with Crippen LogP contribution in [-0.4, -0.2) is 28.3 Å². The molecule has 0 atom stereocenters. The number of fused-ring (bicyclic) bond motifs is 1. The molecule has 0 amide bonds. The molecule has 2 aromatic rings. The van der Waals surface area contributed by atoms with Gasteiger partial charge in [0.15, 0.2) is 0 Å². The van der Waals surface area contributed by atoms with Gasteiger partial charge in [-0.2, -0.15) is 0 Å². The average Bonchev–Trinajstić information content (AvgIpc) is 2.66. The fourth-order valence-corrected chi connectivity index (χ4v) is 1.20. The Labute approximate surface area is 118 Å². The molecule has 0 N–H and O–H groups in total. The molecule has 0 aromatic carbocycles. The van der Waals surface area contributed by atoms with E-state index in [1.165, 1.54) is 10.9 Å². The third-order valence-corrected chi connectivity index (χ3v) is 1.82. The van der Waals surface area contributed by atoms with Crippen LogP contribution in [0.2, 0.25) is 0 Å². The Morgan fingerprint density at radius 1 is 1.18 bits per heavy atom. The van der Waals surface area contributed by atoms with Crippen LogP contribution in [0.3, 0.4) is 0 Å². The van der Waals surface area contributed by atoms with Crippen molar-refractivity contribution in [2.75, 3.05) is 0 Å². The third kappa shape index (κ3) is 5.91. The average molecular weight is 348 g/mol. The Balaban J connectivity index is 0.000000295. The van der Waals surface area contributed by atoms with Crippen molar-refractivity contribution in [2.24, 2.45) is 9.98 Å². The Morgan fingerprint density at radius 3 is 2.14 bits per heavy atom. The van der Waals surface area contributed by atoms with Gasteiger partial charge in [0, 0.05) is 6.07 Å². The summed E-state index contributed by atoms with van der Waals surface area (Å²) < 4.78 is 60.4. The van der Waals surface area contributed by atoms with Gasteiger partial charge in [-0.25, -0.2) is 0 Å². The van der Waals surface area contributed by atoms with Crippen LogP contribution in [0.15, 0.2) is 28.3 Å². The van der Waals surface area contributed by atoms with Gasteiger partial charge in [-0.15, -0.1) is 14.8 Å². The molecule has 0 aliphatic rings. The van der Waals surface area contributed by atoms with E-state index in [1.807, 2.05) is 0 Å². The Kier molecular flexibility index (Phi) is 3.84. The van der Waals surface area contributed by atoms with E-state index in [-0.39, 0.29) is 11.9 Å². The van der Waals surface area contributed by atoms with Gasteiger partial charge in [0.2, 0.25) is 0 Å². The summed E-state index contributed by atoms with van der Waals surface area (Å²) in [6, 6.07) is 3.37. The van der Waals surface area contributed by atoms with Gasteiger partial charge in [-0.3, -0.25) is 0 Å². The van der Waals surface area contributed by atoms with E-state index < -0.39 is 7.81 Å². The number of halogens is 6. The summed E-state index contributed by atoms with van der Waals surface area (Å²) in [5.74, 6) is 0. The second-order valence-electron chi connectivity index (χ2n) is 3.59. The Bertz CT molecular complexity index is 693. The number of nitrogens with zero attached hydrogens (tertiary/aromatic N) is 6. The SMILES string of the molecule is C=N[C+](N=C)n1n[n+]([O-])c2ncccc21.F[P-](F)(F)(F)(F)F. The van der Waals surface area contributed by atoms with Gasteiger partial charge in [-0.05, 0) is 10.7 Å². The number of rotatable bonds is 3. The molecule has 0 radical (unpaired) electrons. The van der Waals surface area contributed by atoms with Crippen LogP contribution in [0, 0.1) is 11.5 Å². The van der Waals surface area contributed by atoms with Crippen molar-refractivity contribution in [1.82, 2.24) is 14.9 Å². The van der Waals surface area contributed by atoms with Crippen LogP contribution in [0.1, 0.15) is 0 Å². The molecule has 122 valence electrons. The van der Waals surface area contributed by atoms with Crippen molar-refractivity contribution in [3.05, 3.63) is 29.8 Å². The summed E-state index contributed by atoms with van der Waals surface area (Å²) in [5, 5.41) is 15.0. The van der Waals surface area contributed by atoms with Gasteiger partial charge in [-0.1, -0.05) is 4.98 Å². The molecule has 0 spiro atoms. The monoisotopic (exact) mass is 348 g/mol. The maximum absolute atomic E-state index is 11.3. The normalized spacial score (nSPS) is 14.3. The molecule has 0 aliphatic heterocycles. The van der Waals surface area contributed by atoms with Crippen molar-refractivity contribution < 1.29 is 30.0 Å². The van der Waals surface area contributed by atoms with E-state index in [2.05, 4.69) is 33.6 Å². The van der Waals surface area contributed by atoms with Gasteiger partial charge in [0.25, 0.3) is 5.52 Å². The van der Waals surface area contributed by atoms with Crippen molar-refractivity contribution in [3.63, 3.8) is 0 Å². The molecular formula is C8H7F6N6OP. The van der Waals surface area contributed by atoms with Crippen LogP contribution < -0.4 is 4.85 Å². The molecule has 0 saturated carbocycles. The van der Waals surface area contributed by atoms with E-state index in [1.54, 1.807) is 12.1 Å². The van der Waals surface area contributed by atoms with Crippen molar-refractivity contribution in [3.8, 4) is 0 Å². The van der Waals surface area contributed by atoms with E-state index >= 15 is 0 Å². The second kappa shape index (κ2) is 4.80. The Morgan fingerprint density at radius 2 is 1.68 bits per heavy atom. The topological polar surface area (TPSA) is 82.4 Å². The maximum atomic E-state index is 11.3. The standard InChI is InChI=1S/C8H7N6O.F6P/c1-9-8(10-2)13-6-4-3-5-11-7(6)14(15)12-13;1-7(2,3,4,5)6/h3-5H,1-2H2;/q+1;-1. The second-order valence-corrected chi connectivity index (χ2v) is 5.51. The molecule has 2 rings (SSSR count). The summed E-state index contributed by atoms with van der Waals surface area (Å²) in [6.45, 7) is 6.62. The molecule has 22 heavy (non-hydrogen) atoms. The quantitative estimate of drug-likeness (QED) is 0.213. The first-order valence-electron chi connectivity index (χ1n) is 5.03. The van der Waals surface area contributed by atoms with Gasteiger partial charge in [0.05, 0.1) is 18.6 Å². The number of aromatic nitrogens is 4. The molecule has 14 heteroatoms. The fourth-order valence-electron chi connectivity index (χ4n) is 1.20. The summed E-state index contributed by atoms with van der Waals surface area (Å²) in [6.07, 6.45) is 1.65. The number of pyridine rings is 1. The zero-order valence-electron chi connectivity index (χ0n) is 10.5. The van der Waals surface area contributed by atoms with Crippen molar-refractivity contribution in [1.29, 1.82) is 0 Å². The summed E-state index contributed by atoms with van der Waals surface area (Å²) in [7, 11) is -10.7. The van der Waals surface area contributed by atoms with Gasteiger partial charge >= 0.3 is 44.9 Å². The number of hydrogen-bond donors (Lipinski definition) is 0.